The number of aromatic carboxylic acids is 1. The number of fused-ring (bicyclic) bond motifs is 1. The van der Waals surface area contributed by atoms with Crippen LogP contribution >= 0.6 is 22.7 Å². The maximum absolute atomic E-state index is 12.8. The monoisotopic (exact) mass is 481 g/mol. The highest BCUT2D eigenvalue weighted by atomic mass is 32.2. The van der Waals surface area contributed by atoms with E-state index < -0.39 is 16.0 Å². The van der Waals surface area contributed by atoms with Crippen molar-refractivity contribution in [1.82, 2.24) is 19.2 Å². The van der Waals surface area contributed by atoms with Crippen LogP contribution in [0.1, 0.15) is 22.2 Å². The number of hydrogen-bond acceptors (Lipinski definition) is 9. The number of thiophene rings is 2. The molecule has 0 saturated carbocycles. The molecule has 4 heterocycles. The largest absolute Gasteiger partial charge is 0.477 e. The number of rotatable bonds is 7. The van der Waals surface area contributed by atoms with Gasteiger partial charge < -0.3 is 10.4 Å². The first kappa shape index (κ1) is 22.1. The van der Waals surface area contributed by atoms with Crippen LogP contribution in [0.15, 0.2) is 28.0 Å². The van der Waals surface area contributed by atoms with Crippen molar-refractivity contribution in [3.8, 4) is 0 Å². The summed E-state index contributed by atoms with van der Waals surface area (Å²) < 4.78 is 28.2. The zero-order chi connectivity index (χ0) is 22.2. The third-order valence-corrected chi connectivity index (χ3v) is 9.70. The molecular formula is C19H23N5O4S3. The second-order valence-electron chi connectivity index (χ2n) is 7.49. The molecule has 2 N–H and O–H groups in total. The summed E-state index contributed by atoms with van der Waals surface area (Å²) in [4.78, 5) is 22.0. The number of anilines is 1. The molecule has 0 aromatic carbocycles. The lowest BCUT2D eigenvalue weighted by molar-refractivity contribution is 0.0702. The van der Waals surface area contributed by atoms with E-state index in [1.165, 1.54) is 16.4 Å². The van der Waals surface area contributed by atoms with Gasteiger partial charge in [0.15, 0.2) is 0 Å². The number of carbonyl (C=O) groups is 1. The van der Waals surface area contributed by atoms with Crippen molar-refractivity contribution in [2.75, 3.05) is 38.0 Å². The molecule has 1 atom stereocenters. The molecule has 9 nitrogen and oxygen atoms in total. The van der Waals surface area contributed by atoms with E-state index in [9.17, 15) is 13.2 Å². The number of carboxylic acid groups (broad SMARTS) is 1. The van der Waals surface area contributed by atoms with E-state index in [1.54, 1.807) is 17.7 Å². The van der Waals surface area contributed by atoms with Gasteiger partial charge in [-0.15, -0.1) is 22.7 Å². The summed E-state index contributed by atoms with van der Waals surface area (Å²) >= 11 is 2.42. The van der Waals surface area contributed by atoms with Crippen LogP contribution in [-0.2, 0) is 10.0 Å². The van der Waals surface area contributed by atoms with Gasteiger partial charge in [0, 0.05) is 38.8 Å². The smallest absolute Gasteiger partial charge is 0.345 e. The highest BCUT2D eigenvalue weighted by molar-refractivity contribution is 7.91. The molecule has 1 aliphatic heterocycles. The molecule has 3 aromatic heterocycles. The molecule has 4 rings (SSSR count). The van der Waals surface area contributed by atoms with Crippen LogP contribution in [0, 0.1) is 6.92 Å². The molecule has 1 saturated heterocycles. The lowest BCUT2D eigenvalue weighted by Crippen LogP contribution is -2.50. The van der Waals surface area contributed by atoms with E-state index in [4.69, 9.17) is 5.11 Å². The molecule has 0 aliphatic carbocycles. The average Bonchev–Trinajstić information content (AvgIpc) is 3.37. The normalized spacial score (nSPS) is 17.1. The summed E-state index contributed by atoms with van der Waals surface area (Å²) in [5.41, 5.74) is 2.10. The topological polar surface area (TPSA) is 116 Å². The van der Waals surface area contributed by atoms with Crippen LogP contribution in [0.3, 0.4) is 0 Å². The van der Waals surface area contributed by atoms with Crippen LogP contribution in [0.25, 0.3) is 10.2 Å². The van der Waals surface area contributed by atoms with Crippen LogP contribution in [0.5, 0.6) is 0 Å². The zero-order valence-corrected chi connectivity index (χ0v) is 19.6. The van der Waals surface area contributed by atoms with E-state index in [2.05, 4.69) is 32.5 Å². The summed E-state index contributed by atoms with van der Waals surface area (Å²) in [6.07, 6.45) is 1.57. The van der Waals surface area contributed by atoms with Gasteiger partial charge in [0.1, 0.15) is 21.2 Å². The van der Waals surface area contributed by atoms with Crippen LogP contribution in [-0.4, -0.2) is 77.4 Å². The van der Waals surface area contributed by atoms with Crippen molar-refractivity contribution < 1.29 is 18.3 Å². The SMILES string of the molecule is Cc1csc2c(NC(C)CN3CCN(S(=O)(=O)c4ccc(C(=O)O)s4)CC3)ncnc12. The van der Waals surface area contributed by atoms with E-state index in [1.807, 2.05) is 6.92 Å². The van der Waals surface area contributed by atoms with Gasteiger partial charge in [0.05, 0.1) is 10.2 Å². The van der Waals surface area contributed by atoms with Crippen molar-refractivity contribution in [2.24, 2.45) is 0 Å². The Labute approximate surface area is 188 Å². The summed E-state index contributed by atoms with van der Waals surface area (Å²) in [5, 5.41) is 14.6. The number of aromatic nitrogens is 2. The predicted molar refractivity (Wildman–Crippen MR) is 122 cm³/mol. The lowest BCUT2D eigenvalue weighted by Gasteiger charge is -2.35. The van der Waals surface area contributed by atoms with Crippen molar-refractivity contribution in [2.45, 2.75) is 24.1 Å². The third-order valence-electron chi connectivity index (χ3n) is 5.16. The van der Waals surface area contributed by atoms with Crippen LogP contribution < -0.4 is 5.32 Å². The number of nitrogens with zero attached hydrogens (tertiary/aromatic N) is 4. The molecule has 166 valence electrons. The number of piperazine rings is 1. The predicted octanol–water partition coefficient (Wildman–Crippen LogP) is 2.57. The first-order valence-corrected chi connectivity index (χ1v) is 12.9. The van der Waals surface area contributed by atoms with Gasteiger partial charge in [-0.1, -0.05) is 0 Å². The van der Waals surface area contributed by atoms with Gasteiger partial charge in [-0.3, -0.25) is 4.90 Å². The Hall–Kier alpha value is -2.12. The summed E-state index contributed by atoms with van der Waals surface area (Å²) in [6, 6.07) is 2.83. The molecule has 31 heavy (non-hydrogen) atoms. The van der Waals surface area contributed by atoms with Gasteiger partial charge in [0.25, 0.3) is 10.0 Å². The number of carboxylic acids is 1. The second-order valence-corrected chi connectivity index (χ2v) is 11.6. The molecule has 1 aliphatic rings. The third kappa shape index (κ3) is 4.58. The average molecular weight is 482 g/mol. The highest BCUT2D eigenvalue weighted by Gasteiger charge is 2.30. The molecule has 0 radical (unpaired) electrons. The zero-order valence-electron chi connectivity index (χ0n) is 17.1. The van der Waals surface area contributed by atoms with Crippen LogP contribution in [0.2, 0.25) is 0 Å². The molecule has 0 amide bonds. The van der Waals surface area contributed by atoms with Crippen molar-refractivity contribution in [3.05, 3.63) is 34.3 Å². The Balaban J connectivity index is 1.34. The number of sulfonamides is 1. The summed E-state index contributed by atoms with van der Waals surface area (Å²) in [7, 11) is -3.67. The fourth-order valence-electron chi connectivity index (χ4n) is 3.59. The van der Waals surface area contributed by atoms with Gasteiger partial charge in [-0.05, 0) is 36.9 Å². The first-order chi connectivity index (χ1) is 14.8. The minimum atomic E-state index is -3.67. The fraction of sp³-hybridized carbons (Fsp3) is 0.421. The van der Waals surface area contributed by atoms with Crippen molar-refractivity contribution >= 4 is 54.7 Å². The number of nitrogens with one attached hydrogen (secondary N) is 1. The maximum Gasteiger partial charge on any atom is 0.345 e. The lowest BCUT2D eigenvalue weighted by atomic mass is 10.2. The molecule has 1 unspecified atom stereocenters. The molecule has 0 spiro atoms. The highest BCUT2D eigenvalue weighted by Crippen LogP contribution is 2.29. The van der Waals surface area contributed by atoms with Crippen molar-refractivity contribution in [3.63, 3.8) is 0 Å². The molecule has 12 heteroatoms. The Kier molecular flexibility index (Phi) is 6.26. The fourth-order valence-corrected chi connectivity index (χ4v) is 7.27. The Morgan fingerprint density at radius 3 is 2.68 bits per heavy atom. The Morgan fingerprint density at radius 1 is 1.26 bits per heavy atom. The minimum Gasteiger partial charge on any atom is -0.477 e. The first-order valence-electron chi connectivity index (χ1n) is 9.76. The molecular weight excluding hydrogens is 458 g/mol. The van der Waals surface area contributed by atoms with E-state index in [0.29, 0.717) is 26.2 Å². The van der Waals surface area contributed by atoms with E-state index in [0.717, 1.165) is 39.5 Å². The number of hydrogen-bond donors (Lipinski definition) is 2. The minimum absolute atomic E-state index is 0.0249. The summed E-state index contributed by atoms with van der Waals surface area (Å²) in [5.74, 6) is -0.292. The Morgan fingerprint density at radius 2 is 2.00 bits per heavy atom. The van der Waals surface area contributed by atoms with Gasteiger partial charge in [-0.2, -0.15) is 4.31 Å². The molecule has 3 aromatic rings. The standard InChI is InChI=1S/C19H23N5O4S3/c1-12-10-29-17-16(12)20-11-21-18(17)22-13(2)9-23-5-7-24(8-6-23)31(27,28)15-4-3-14(30-15)19(25)26/h3-4,10-11,13H,5-9H2,1-2H3,(H,25,26)(H,20,21,22). The van der Waals surface area contributed by atoms with Crippen LogP contribution in [0.4, 0.5) is 5.82 Å². The number of aryl methyl sites for hydroxylation is 1. The quantitative estimate of drug-likeness (QED) is 0.529. The van der Waals surface area contributed by atoms with Gasteiger partial charge in [-0.25, -0.2) is 23.2 Å². The van der Waals surface area contributed by atoms with E-state index >= 15 is 0 Å². The molecule has 0 bridgehead atoms. The van der Waals surface area contributed by atoms with Gasteiger partial charge >= 0.3 is 5.97 Å². The maximum atomic E-state index is 12.8. The van der Waals surface area contributed by atoms with Gasteiger partial charge in [0.2, 0.25) is 0 Å². The molecule has 1 fully saturated rings. The summed E-state index contributed by atoms with van der Waals surface area (Å²) in [6.45, 7) is 6.83. The second kappa shape index (κ2) is 8.79. The Bertz CT molecular complexity index is 1200. The van der Waals surface area contributed by atoms with Crippen molar-refractivity contribution in [1.29, 1.82) is 0 Å². The van der Waals surface area contributed by atoms with E-state index in [-0.39, 0.29) is 15.1 Å².